The van der Waals surface area contributed by atoms with Crippen molar-refractivity contribution in [1.82, 2.24) is 0 Å². The SMILES string of the molecule is CCCCCCSCCCC(C)C. The lowest BCUT2D eigenvalue weighted by Gasteiger charge is -2.04. The highest BCUT2D eigenvalue weighted by Crippen LogP contribution is 2.12. The van der Waals surface area contributed by atoms with E-state index in [0.29, 0.717) is 0 Å². The maximum Gasteiger partial charge on any atom is -0.00674 e. The molecule has 0 nitrogen and oxygen atoms in total. The van der Waals surface area contributed by atoms with Crippen molar-refractivity contribution in [2.24, 2.45) is 5.92 Å². The lowest BCUT2D eigenvalue weighted by molar-refractivity contribution is 0.579. The minimum Gasteiger partial charge on any atom is -0.162 e. The van der Waals surface area contributed by atoms with Gasteiger partial charge in [-0.15, -0.1) is 0 Å². The molecule has 0 aromatic carbocycles. The number of rotatable bonds is 9. The number of hydrogen-bond donors (Lipinski definition) is 0. The molecule has 0 N–H and O–H groups in total. The lowest BCUT2D eigenvalue weighted by Crippen LogP contribution is -1.90. The Balaban J connectivity index is 2.84. The van der Waals surface area contributed by atoms with Gasteiger partial charge in [-0.1, -0.05) is 46.5 Å². The van der Waals surface area contributed by atoms with Gasteiger partial charge in [-0.3, -0.25) is 0 Å². The molecular formula is C12H26S. The molecule has 0 aromatic heterocycles. The summed E-state index contributed by atoms with van der Waals surface area (Å²) in [5.41, 5.74) is 0. The average Bonchev–Trinajstić information content (AvgIpc) is 2.09. The van der Waals surface area contributed by atoms with Crippen molar-refractivity contribution in [2.45, 2.75) is 59.3 Å². The highest BCUT2D eigenvalue weighted by molar-refractivity contribution is 7.99. The number of unbranched alkanes of at least 4 members (excludes halogenated alkanes) is 3. The molecule has 0 rings (SSSR count). The number of thioether (sulfide) groups is 1. The maximum atomic E-state index is 2.31. The molecule has 0 saturated heterocycles. The van der Waals surface area contributed by atoms with Crippen molar-refractivity contribution in [1.29, 1.82) is 0 Å². The third-order valence-corrected chi connectivity index (χ3v) is 3.37. The van der Waals surface area contributed by atoms with Gasteiger partial charge in [-0.25, -0.2) is 0 Å². The molecule has 0 heterocycles. The van der Waals surface area contributed by atoms with Crippen LogP contribution in [0.5, 0.6) is 0 Å². The Morgan fingerprint density at radius 2 is 1.62 bits per heavy atom. The molecule has 1 heteroatoms. The van der Waals surface area contributed by atoms with Crippen molar-refractivity contribution in [3.05, 3.63) is 0 Å². The van der Waals surface area contributed by atoms with Gasteiger partial charge in [0, 0.05) is 0 Å². The Hall–Kier alpha value is 0.350. The van der Waals surface area contributed by atoms with Crippen LogP contribution in [0.2, 0.25) is 0 Å². The van der Waals surface area contributed by atoms with E-state index in [4.69, 9.17) is 0 Å². The van der Waals surface area contributed by atoms with Gasteiger partial charge in [0.15, 0.2) is 0 Å². The van der Waals surface area contributed by atoms with E-state index in [0.717, 1.165) is 5.92 Å². The second-order valence-electron chi connectivity index (χ2n) is 4.21. The first-order valence-electron chi connectivity index (χ1n) is 5.85. The second kappa shape index (κ2) is 10.4. The first-order chi connectivity index (χ1) is 6.27. The summed E-state index contributed by atoms with van der Waals surface area (Å²) in [6.45, 7) is 6.90. The van der Waals surface area contributed by atoms with E-state index >= 15 is 0 Å². The third-order valence-electron chi connectivity index (χ3n) is 2.21. The van der Waals surface area contributed by atoms with E-state index < -0.39 is 0 Å². The number of hydrogen-bond acceptors (Lipinski definition) is 1. The Labute approximate surface area is 88.9 Å². The molecule has 0 radical (unpaired) electrons. The van der Waals surface area contributed by atoms with Gasteiger partial charge in [0.2, 0.25) is 0 Å². The molecule has 0 aliphatic carbocycles. The Bertz CT molecular complexity index is 89.1. The van der Waals surface area contributed by atoms with Crippen LogP contribution in [0.4, 0.5) is 0 Å². The zero-order chi connectivity index (χ0) is 9.94. The molecule has 0 saturated carbocycles. The molecular weight excluding hydrogens is 176 g/mol. The summed E-state index contributed by atoms with van der Waals surface area (Å²) < 4.78 is 0. The van der Waals surface area contributed by atoms with Gasteiger partial charge in [0.05, 0.1) is 0 Å². The quantitative estimate of drug-likeness (QED) is 0.487. The predicted octanol–water partition coefficient (Wildman–Crippen LogP) is 4.74. The molecule has 0 atom stereocenters. The standard InChI is InChI=1S/C12H26S/c1-4-5-6-7-10-13-11-8-9-12(2)3/h12H,4-11H2,1-3H3. The van der Waals surface area contributed by atoms with Crippen molar-refractivity contribution in [2.75, 3.05) is 11.5 Å². The van der Waals surface area contributed by atoms with E-state index in [1.54, 1.807) is 0 Å². The monoisotopic (exact) mass is 202 g/mol. The minimum atomic E-state index is 0.890. The van der Waals surface area contributed by atoms with E-state index in [-0.39, 0.29) is 0 Å². The molecule has 0 amide bonds. The average molecular weight is 202 g/mol. The summed E-state index contributed by atoms with van der Waals surface area (Å²) in [6, 6.07) is 0. The molecule has 13 heavy (non-hydrogen) atoms. The highest BCUT2D eigenvalue weighted by atomic mass is 32.2. The van der Waals surface area contributed by atoms with Crippen LogP contribution in [0, 0.1) is 5.92 Å². The summed E-state index contributed by atoms with van der Waals surface area (Å²) in [4.78, 5) is 0. The summed E-state index contributed by atoms with van der Waals surface area (Å²) in [6.07, 6.45) is 8.47. The molecule has 0 aromatic rings. The molecule has 0 spiro atoms. The Morgan fingerprint density at radius 1 is 0.923 bits per heavy atom. The molecule has 0 aliphatic rings. The molecule has 80 valence electrons. The summed E-state index contributed by atoms with van der Waals surface area (Å²) in [7, 11) is 0. The van der Waals surface area contributed by atoms with Crippen LogP contribution < -0.4 is 0 Å². The Kier molecular flexibility index (Phi) is 10.7. The summed E-state index contributed by atoms with van der Waals surface area (Å²) in [5, 5.41) is 0. The van der Waals surface area contributed by atoms with Gasteiger partial charge in [0.25, 0.3) is 0 Å². The smallest absolute Gasteiger partial charge is 0.00674 e. The topological polar surface area (TPSA) is 0 Å². The van der Waals surface area contributed by atoms with Crippen LogP contribution in [0.3, 0.4) is 0 Å². The summed E-state index contributed by atoms with van der Waals surface area (Å²) in [5.74, 6) is 3.66. The fraction of sp³-hybridized carbons (Fsp3) is 1.00. The molecule has 0 fully saturated rings. The van der Waals surface area contributed by atoms with E-state index in [1.165, 1.54) is 50.0 Å². The normalized spacial score (nSPS) is 11.1. The highest BCUT2D eigenvalue weighted by Gasteiger charge is 1.94. The van der Waals surface area contributed by atoms with E-state index in [1.807, 2.05) is 0 Å². The predicted molar refractivity (Wildman–Crippen MR) is 65.5 cm³/mol. The first kappa shape index (κ1) is 13.4. The molecule has 0 unspecified atom stereocenters. The molecule has 0 aliphatic heterocycles. The van der Waals surface area contributed by atoms with E-state index in [2.05, 4.69) is 32.5 Å². The van der Waals surface area contributed by atoms with Crippen molar-refractivity contribution in [3.63, 3.8) is 0 Å². The minimum absolute atomic E-state index is 0.890. The van der Waals surface area contributed by atoms with Gasteiger partial charge in [-0.2, -0.15) is 11.8 Å². The first-order valence-corrected chi connectivity index (χ1v) is 7.00. The van der Waals surface area contributed by atoms with Crippen LogP contribution in [0.25, 0.3) is 0 Å². The maximum absolute atomic E-state index is 2.31. The van der Waals surface area contributed by atoms with Crippen molar-refractivity contribution < 1.29 is 0 Å². The van der Waals surface area contributed by atoms with Crippen LogP contribution in [-0.2, 0) is 0 Å². The lowest BCUT2D eigenvalue weighted by atomic mass is 10.1. The van der Waals surface area contributed by atoms with Crippen molar-refractivity contribution >= 4 is 11.8 Å². The van der Waals surface area contributed by atoms with Crippen LogP contribution in [-0.4, -0.2) is 11.5 Å². The van der Waals surface area contributed by atoms with Gasteiger partial charge >= 0.3 is 0 Å². The van der Waals surface area contributed by atoms with Crippen LogP contribution in [0.15, 0.2) is 0 Å². The van der Waals surface area contributed by atoms with Crippen LogP contribution in [0.1, 0.15) is 59.3 Å². The van der Waals surface area contributed by atoms with Crippen molar-refractivity contribution in [3.8, 4) is 0 Å². The summed E-state index contributed by atoms with van der Waals surface area (Å²) >= 11 is 2.15. The Morgan fingerprint density at radius 3 is 2.23 bits per heavy atom. The largest absolute Gasteiger partial charge is 0.162 e. The fourth-order valence-electron chi connectivity index (χ4n) is 1.33. The van der Waals surface area contributed by atoms with Gasteiger partial charge in [-0.05, 0) is 30.3 Å². The van der Waals surface area contributed by atoms with E-state index in [9.17, 15) is 0 Å². The third kappa shape index (κ3) is 12.4. The second-order valence-corrected chi connectivity index (χ2v) is 5.43. The zero-order valence-corrected chi connectivity index (χ0v) is 10.5. The van der Waals surface area contributed by atoms with Gasteiger partial charge in [0.1, 0.15) is 0 Å². The molecule has 0 bridgehead atoms. The van der Waals surface area contributed by atoms with Gasteiger partial charge < -0.3 is 0 Å². The zero-order valence-electron chi connectivity index (χ0n) is 9.64. The fourth-order valence-corrected chi connectivity index (χ4v) is 2.31. The van der Waals surface area contributed by atoms with Crippen LogP contribution >= 0.6 is 11.8 Å².